The van der Waals surface area contributed by atoms with E-state index in [9.17, 15) is 0 Å². The van der Waals surface area contributed by atoms with Crippen molar-refractivity contribution in [2.75, 3.05) is 6.61 Å². The fraction of sp³-hybridized carbons (Fsp3) is 0.400. The minimum Gasteiger partial charge on any atom is -0.373 e. The van der Waals surface area contributed by atoms with Crippen LogP contribution in [0.15, 0.2) is 18.2 Å². The maximum absolute atomic E-state index is 6.05. The summed E-state index contributed by atoms with van der Waals surface area (Å²) in [6, 6.07) is 6.01. The third kappa shape index (κ3) is 1.23. The first kappa shape index (κ1) is 8.09. The number of hydrogen-bond acceptors (Lipinski definition) is 1. The molecule has 12 heavy (non-hydrogen) atoms. The molecule has 1 atom stereocenters. The number of hydrogen-bond donors (Lipinski definition) is 0. The van der Waals surface area contributed by atoms with Crippen molar-refractivity contribution >= 4 is 11.6 Å². The maximum atomic E-state index is 6.05. The normalized spacial score (nSPS) is 22.0. The number of rotatable bonds is 0. The van der Waals surface area contributed by atoms with E-state index in [4.69, 9.17) is 16.3 Å². The van der Waals surface area contributed by atoms with Gasteiger partial charge in [-0.3, -0.25) is 0 Å². The SMILES string of the molecule is CC1OCCc2c(Cl)cccc21. The summed E-state index contributed by atoms with van der Waals surface area (Å²) in [4.78, 5) is 0. The van der Waals surface area contributed by atoms with Crippen molar-refractivity contribution in [1.82, 2.24) is 0 Å². The Hall–Kier alpha value is -0.530. The Bertz CT molecular complexity index is 296. The molecule has 1 nitrogen and oxygen atoms in total. The van der Waals surface area contributed by atoms with Crippen molar-refractivity contribution in [1.29, 1.82) is 0 Å². The summed E-state index contributed by atoms with van der Waals surface area (Å²) in [6.07, 6.45) is 1.15. The van der Waals surface area contributed by atoms with Gasteiger partial charge in [0.25, 0.3) is 0 Å². The number of ether oxygens (including phenoxy) is 1. The molecule has 0 saturated heterocycles. The van der Waals surface area contributed by atoms with Crippen LogP contribution in [0.25, 0.3) is 0 Å². The van der Waals surface area contributed by atoms with E-state index in [-0.39, 0.29) is 6.10 Å². The summed E-state index contributed by atoms with van der Waals surface area (Å²) >= 11 is 6.05. The van der Waals surface area contributed by atoms with E-state index in [1.165, 1.54) is 11.1 Å². The highest BCUT2D eigenvalue weighted by Crippen LogP contribution is 2.30. The van der Waals surface area contributed by atoms with Gasteiger partial charge < -0.3 is 4.74 Å². The molecule has 0 bridgehead atoms. The topological polar surface area (TPSA) is 9.23 Å². The van der Waals surface area contributed by atoms with Crippen LogP contribution in [0, 0.1) is 0 Å². The van der Waals surface area contributed by atoms with E-state index in [2.05, 4.69) is 13.0 Å². The highest BCUT2D eigenvalue weighted by molar-refractivity contribution is 6.31. The van der Waals surface area contributed by atoms with E-state index in [1.54, 1.807) is 0 Å². The first-order chi connectivity index (χ1) is 5.79. The fourth-order valence-electron chi connectivity index (χ4n) is 1.65. The summed E-state index contributed by atoms with van der Waals surface area (Å²) in [7, 11) is 0. The van der Waals surface area contributed by atoms with Crippen LogP contribution in [-0.2, 0) is 11.2 Å². The molecule has 1 aromatic rings. The lowest BCUT2D eigenvalue weighted by molar-refractivity contribution is 0.0555. The summed E-state index contributed by atoms with van der Waals surface area (Å²) in [5, 5.41) is 0.877. The third-order valence-corrected chi connectivity index (χ3v) is 2.67. The van der Waals surface area contributed by atoms with Crippen LogP contribution in [0.3, 0.4) is 0 Å². The molecular formula is C10H11ClO. The standard InChI is InChI=1S/C10H11ClO/c1-7-8-3-2-4-10(11)9(8)5-6-12-7/h2-4,7H,5-6H2,1H3. The fourth-order valence-corrected chi connectivity index (χ4v) is 1.92. The molecule has 0 aromatic heterocycles. The van der Waals surface area contributed by atoms with Gasteiger partial charge in [-0.2, -0.15) is 0 Å². The predicted molar refractivity (Wildman–Crippen MR) is 49.5 cm³/mol. The predicted octanol–water partition coefficient (Wildman–Crippen LogP) is 2.97. The minimum absolute atomic E-state index is 0.201. The second kappa shape index (κ2) is 3.08. The molecule has 0 spiro atoms. The van der Waals surface area contributed by atoms with Crippen LogP contribution >= 0.6 is 11.6 Å². The van der Waals surface area contributed by atoms with Crippen molar-refractivity contribution < 1.29 is 4.74 Å². The zero-order valence-corrected chi connectivity index (χ0v) is 7.77. The molecule has 2 rings (SSSR count). The lowest BCUT2D eigenvalue weighted by Crippen LogP contribution is -2.13. The minimum atomic E-state index is 0.201. The second-order valence-electron chi connectivity index (χ2n) is 3.07. The van der Waals surface area contributed by atoms with Gasteiger partial charge in [-0.25, -0.2) is 0 Å². The Morgan fingerprint density at radius 2 is 2.33 bits per heavy atom. The molecule has 0 fully saturated rings. The Kier molecular flexibility index (Phi) is 2.07. The smallest absolute Gasteiger partial charge is 0.0800 e. The molecule has 1 unspecified atom stereocenters. The Morgan fingerprint density at radius 3 is 3.08 bits per heavy atom. The average Bonchev–Trinajstić information content (AvgIpc) is 2.07. The van der Waals surface area contributed by atoms with Crippen LogP contribution in [0.2, 0.25) is 5.02 Å². The lowest BCUT2D eigenvalue weighted by Gasteiger charge is -2.23. The molecule has 2 heteroatoms. The Balaban J connectivity index is 2.52. The molecular weight excluding hydrogens is 172 g/mol. The van der Waals surface area contributed by atoms with Gasteiger partial charge in [-0.05, 0) is 30.5 Å². The first-order valence-corrected chi connectivity index (χ1v) is 4.55. The number of halogens is 1. The highest BCUT2D eigenvalue weighted by Gasteiger charge is 2.17. The molecule has 64 valence electrons. The average molecular weight is 183 g/mol. The molecule has 1 aromatic carbocycles. The van der Waals surface area contributed by atoms with Crippen LogP contribution in [-0.4, -0.2) is 6.61 Å². The van der Waals surface area contributed by atoms with E-state index in [0.29, 0.717) is 0 Å². The summed E-state index contributed by atoms with van der Waals surface area (Å²) in [5.74, 6) is 0. The van der Waals surface area contributed by atoms with E-state index < -0.39 is 0 Å². The van der Waals surface area contributed by atoms with Gasteiger partial charge in [0.2, 0.25) is 0 Å². The van der Waals surface area contributed by atoms with Gasteiger partial charge in [0.15, 0.2) is 0 Å². The van der Waals surface area contributed by atoms with Crippen molar-refractivity contribution in [3.63, 3.8) is 0 Å². The largest absolute Gasteiger partial charge is 0.373 e. The second-order valence-corrected chi connectivity index (χ2v) is 3.48. The van der Waals surface area contributed by atoms with E-state index in [0.717, 1.165) is 18.1 Å². The molecule has 0 saturated carbocycles. The van der Waals surface area contributed by atoms with Gasteiger partial charge in [0, 0.05) is 5.02 Å². The quantitative estimate of drug-likeness (QED) is 0.600. The first-order valence-electron chi connectivity index (χ1n) is 4.18. The zero-order valence-electron chi connectivity index (χ0n) is 7.01. The lowest BCUT2D eigenvalue weighted by atomic mass is 9.99. The molecule has 0 radical (unpaired) electrons. The van der Waals surface area contributed by atoms with Crippen molar-refractivity contribution in [3.05, 3.63) is 34.3 Å². The summed E-state index contributed by atoms with van der Waals surface area (Å²) in [5.41, 5.74) is 2.51. The van der Waals surface area contributed by atoms with Crippen molar-refractivity contribution in [2.24, 2.45) is 0 Å². The summed E-state index contributed by atoms with van der Waals surface area (Å²) < 4.78 is 5.50. The Morgan fingerprint density at radius 1 is 1.50 bits per heavy atom. The van der Waals surface area contributed by atoms with Gasteiger partial charge in [-0.15, -0.1) is 0 Å². The van der Waals surface area contributed by atoms with E-state index in [1.807, 2.05) is 12.1 Å². The molecule has 1 aliphatic heterocycles. The van der Waals surface area contributed by atoms with Crippen LogP contribution in [0.1, 0.15) is 24.2 Å². The summed E-state index contributed by atoms with van der Waals surface area (Å²) in [6.45, 7) is 2.85. The van der Waals surface area contributed by atoms with Crippen molar-refractivity contribution in [3.8, 4) is 0 Å². The van der Waals surface area contributed by atoms with Gasteiger partial charge >= 0.3 is 0 Å². The van der Waals surface area contributed by atoms with Gasteiger partial charge in [0.05, 0.1) is 12.7 Å². The van der Waals surface area contributed by atoms with E-state index >= 15 is 0 Å². The van der Waals surface area contributed by atoms with Crippen LogP contribution < -0.4 is 0 Å². The molecule has 1 aliphatic rings. The third-order valence-electron chi connectivity index (χ3n) is 2.31. The monoisotopic (exact) mass is 182 g/mol. The van der Waals surface area contributed by atoms with Gasteiger partial charge in [0.1, 0.15) is 0 Å². The molecule has 0 N–H and O–H groups in total. The van der Waals surface area contributed by atoms with Crippen LogP contribution in [0.5, 0.6) is 0 Å². The highest BCUT2D eigenvalue weighted by atomic mass is 35.5. The molecule has 0 amide bonds. The molecule has 1 heterocycles. The molecule has 0 aliphatic carbocycles. The van der Waals surface area contributed by atoms with Crippen molar-refractivity contribution in [2.45, 2.75) is 19.4 Å². The van der Waals surface area contributed by atoms with Gasteiger partial charge in [-0.1, -0.05) is 23.7 Å². The van der Waals surface area contributed by atoms with Crippen LogP contribution in [0.4, 0.5) is 0 Å². The zero-order chi connectivity index (χ0) is 8.55. The Labute approximate surface area is 77.3 Å². The maximum Gasteiger partial charge on any atom is 0.0800 e. The number of benzene rings is 1. The number of fused-ring (bicyclic) bond motifs is 1.